The van der Waals surface area contributed by atoms with E-state index in [0.717, 1.165) is 28.2 Å². The van der Waals surface area contributed by atoms with Crippen molar-refractivity contribution in [2.75, 3.05) is 26.9 Å². The minimum absolute atomic E-state index is 0.167. The van der Waals surface area contributed by atoms with E-state index in [-0.39, 0.29) is 5.91 Å². The number of carbonyl (C=O) groups is 1. The van der Waals surface area contributed by atoms with Crippen molar-refractivity contribution in [1.82, 2.24) is 15.1 Å². The zero-order chi connectivity index (χ0) is 24.0. The Morgan fingerprint density at radius 2 is 1.80 bits per heavy atom. The molecule has 178 valence electrons. The first-order chi connectivity index (χ1) is 17.2. The normalized spacial score (nSPS) is 12.3. The molecule has 0 spiro atoms. The number of amides is 1. The molecule has 1 N–H and O–H groups in total. The smallest absolute Gasteiger partial charge is 0.255 e. The van der Waals surface area contributed by atoms with E-state index in [9.17, 15) is 4.79 Å². The number of carbonyl (C=O) groups excluding carboxylic acids is 1. The van der Waals surface area contributed by atoms with Crippen molar-refractivity contribution in [2.24, 2.45) is 0 Å². The molecule has 7 nitrogen and oxygen atoms in total. The predicted octanol–water partition coefficient (Wildman–Crippen LogP) is 4.35. The van der Waals surface area contributed by atoms with E-state index in [1.54, 1.807) is 18.0 Å². The monoisotopic (exact) mass is 469 g/mol. The zero-order valence-corrected chi connectivity index (χ0v) is 19.6. The summed E-state index contributed by atoms with van der Waals surface area (Å²) >= 11 is 0. The first kappa shape index (κ1) is 22.5. The van der Waals surface area contributed by atoms with Crippen molar-refractivity contribution in [3.05, 3.63) is 95.7 Å². The fraction of sp³-hybridized carbons (Fsp3) is 0.214. The molecule has 0 atom stereocenters. The highest BCUT2D eigenvalue weighted by Gasteiger charge is 2.19. The van der Waals surface area contributed by atoms with Gasteiger partial charge in [-0.15, -0.1) is 0 Å². The number of hydrogen-bond acceptors (Lipinski definition) is 5. The molecule has 7 heteroatoms. The molecule has 1 amide bonds. The Morgan fingerprint density at radius 1 is 0.971 bits per heavy atom. The molecule has 1 aromatic heterocycles. The van der Waals surface area contributed by atoms with Gasteiger partial charge in [-0.2, -0.15) is 5.10 Å². The van der Waals surface area contributed by atoms with Crippen LogP contribution in [0.3, 0.4) is 0 Å². The molecule has 0 aliphatic carbocycles. The number of fused-ring (bicyclic) bond motifs is 1. The maximum Gasteiger partial charge on any atom is 0.255 e. The number of ether oxygens (including phenoxy) is 3. The van der Waals surface area contributed by atoms with Gasteiger partial charge in [0.15, 0.2) is 11.5 Å². The largest absolute Gasteiger partial charge is 0.497 e. The second-order valence-electron chi connectivity index (χ2n) is 8.29. The molecule has 2 heterocycles. The van der Waals surface area contributed by atoms with Crippen LogP contribution >= 0.6 is 0 Å². The second kappa shape index (κ2) is 10.3. The Labute approximate surface area is 204 Å². The molecule has 1 aliphatic heterocycles. The van der Waals surface area contributed by atoms with Crippen molar-refractivity contribution in [3.63, 3.8) is 0 Å². The van der Waals surface area contributed by atoms with Crippen LogP contribution in [-0.2, 0) is 13.0 Å². The summed E-state index contributed by atoms with van der Waals surface area (Å²) in [6, 6.07) is 23.5. The molecule has 0 unspecified atom stereocenters. The molecular weight excluding hydrogens is 442 g/mol. The van der Waals surface area contributed by atoms with E-state index in [1.807, 2.05) is 72.8 Å². The highest BCUT2D eigenvalue weighted by atomic mass is 16.6. The number of nitrogens with zero attached hydrogens (tertiary/aromatic N) is 2. The van der Waals surface area contributed by atoms with Gasteiger partial charge in [0.2, 0.25) is 0 Å². The van der Waals surface area contributed by atoms with Crippen molar-refractivity contribution in [3.8, 4) is 28.5 Å². The van der Waals surface area contributed by atoms with Crippen molar-refractivity contribution >= 4 is 5.91 Å². The van der Waals surface area contributed by atoms with Gasteiger partial charge < -0.3 is 19.5 Å². The van der Waals surface area contributed by atoms with Gasteiger partial charge in [-0.25, -0.2) is 0 Å². The molecule has 0 saturated heterocycles. The Kier molecular flexibility index (Phi) is 6.66. The molecule has 5 rings (SSSR count). The summed E-state index contributed by atoms with van der Waals surface area (Å²) in [6.45, 7) is 2.17. The van der Waals surface area contributed by atoms with Crippen LogP contribution in [-0.4, -0.2) is 42.6 Å². The molecular formula is C28H27N3O4. The lowest BCUT2D eigenvalue weighted by Gasteiger charge is -2.18. The maximum atomic E-state index is 13.2. The average molecular weight is 470 g/mol. The van der Waals surface area contributed by atoms with Gasteiger partial charge in [-0.3, -0.25) is 9.48 Å². The SMILES string of the molecule is COc1cccc(-c2nn(Cc3ccccc3)cc2C(=O)NCCc2ccc3c(c2)OCCO3)c1. The standard InChI is InChI=1S/C28H27N3O4/c1-33-23-9-5-8-22(17-23)27-24(19-31(30-27)18-21-6-3-2-4-7-21)28(32)29-13-12-20-10-11-25-26(16-20)35-15-14-34-25/h2-11,16-17,19H,12-15,18H2,1H3,(H,29,32). The van der Waals surface area contributed by atoms with Crippen LogP contribution in [0.2, 0.25) is 0 Å². The van der Waals surface area contributed by atoms with E-state index in [0.29, 0.717) is 49.7 Å². The van der Waals surface area contributed by atoms with Crippen LogP contribution in [0.4, 0.5) is 0 Å². The summed E-state index contributed by atoms with van der Waals surface area (Å²) in [5, 5.41) is 7.80. The van der Waals surface area contributed by atoms with E-state index >= 15 is 0 Å². The minimum atomic E-state index is -0.167. The lowest BCUT2D eigenvalue weighted by molar-refractivity contribution is 0.0954. The van der Waals surface area contributed by atoms with Crippen molar-refractivity contribution in [1.29, 1.82) is 0 Å². The molecule has 0 bridgehead atoms. The Morgan fingerprint density at radius 3 is 2.63 bits per heavy atom. The van der Waals surface area contributed by atoms with Crippen molar-refractivity contribution < 1.29 is 19.0 Å². The third kappa shape index (κ3) is 5.30. The van der Waals surface area contributed by atoms with Crippen molar-refractivity contribution in [2.45, 2.75) is 13.0 Å². The summed E-state index contributed by atoms with van der Waals surface area (Å²) < 4.78 is 18.4. The fourth-order valence-corrected chi connectivity index (χ4v) is 4.08. The van der Waals surface area contributed by atoms with Gasteiger partial charge >= 0.3 is 0 Å². The number of methoxy groups -OCH3 is 1. The van der Waals surface area contributed by atoms with Crippen LogP contribution in [0, 0.1) is 0 Å². The van der Waals surface area contributed by atoms with E-state index < -0.39 is 0 Å². The quantitative estimate of drug-likeness (QED) is 0.415. The third-order valence-corrected chi connectivity index (χ3v) is 5.84. The number of aromatic nitrogens is 2. The average Bonchev–Trinajstić information content (AvgIpc) is 3.33. The minimum Gasteiger partial charge on any atom is -0.497 e. The second-order valence-corrected chi connectivity index (χ2v) is 8.29. The van der Waals surface area contributed by atoms with Gasteiger partial charge in [0, 0.05) is 18.3 Å². The van der Waals surface area contributed by atoms with E-state index in [2.05, 4.69) is 5.32 Å². The molecule has 3 aromatic carbocycles. The van der Waals surface area contributed by atoms with Crippen LogP contribution < -0.4 is 19.5 Å². The van der Waals surface area contributed by atoms with Crippen LogP contribution in [0.15, 0.2) is 79.0 Å². The van der Waals surface area contributed by atoms with Crippen LogP contribution in [0.1, 0.15) is 21.5 Å². The number of benzene rings is 3. The van der Waals surface area contributed by atoms with Gasteiger partial charge in [0.05, 0.1) is 19.2 Å². The highest BCUT2D eigenvalue weighted by Crippen LogP contribution is 2.31. The topological polar surface area (TPSA) is 74.6 Å². The summed E-state index contributed by atoms with van der Waals surface area (Å²) in [5.74, 6) is 2.06. The van der Waals surface area contributed by atoms with Crippen LogP contribution in [0.25, 0.3) is 11.3 Å². The summed E-state index contributed by atoms with van der Waals surface area (Å²) in [4.78, 5) is 13.2. The molecule has 4 aromatic rings. The Hall–Kier alpha value is -4.26. The molecule has 35 heavy (non-hydrogen) atoms. The summed E-state index contributed by atoms with van der Waals surface area (Å²) in [5.41, 5.74) is 4.15. The maximum absolute atomic E-state index is 13.2. The van der Waals surface area contributed by atoms with E-state index in [4.69, 9.17) is 19.3 Å². The highest BCUT2D eigenvalue weighted by molar-refractivity contribution is 5.99. The summed E-state index contributed by atoms with van der Waals surface area (Å²) in [6.07, 6.45) is 2.48. The van der Waals surface area contributed by atoms with Gasteiger partial charge in [0.1, 0.15) is 24.7 Å². The molecule has 0 radical (unpaired) electrons. The first-order valence-electron chi connectivity index (χ1n) is 11.6. The fourth-order valence-electron chi connectivity index (χ4n) is 4.08. The molecule has 0 saturated carbocycles. The third-order valence-electron chi connectivity index (χ3n) is 5.84. The van der Waals surface area contributed by atoms with Gasteiger partial charge in [-0.05, 0) is 41.8 Å². The lowest BCUT2D eigenvalue weighted by Crippen LogP contribution is -2.26. The molecule has 0 fully saturated rings. The lowest BCUT2D eigenvalue weighted by atomic mass is 10.1. The number of nitrogens with one attached hydrogen (secondary N) is 1. The van der Waals surface area contributed by atoms with Gasteiger partial charge in [0.25, 0.3) is 5.91 Å². The predicted molar refractivity (Wildman–Crippen MR) is 133 cm³/mol. The number of rotatable bonds is 8. The number of hydrogen-bond donors (Lipinski definition) is 1. The summed E-state index contributed by atoms with van der Waals surface area (Å²) in [7, 11) is 1.62. The first-order valence-corrected chi connectivity index (χ1v) is 11.6. The Balaban J connectivity index is 1.34. The van der Waals surface area contributed by atoms with Crippen LogP contribution in [0.5, 0.6) is 17.2 Å². The Bertz CT molecular complexity index is 1320. The zero-order valence-electron chi connectivity index (χ0n) is 19.6. The van der Waals surface area contributed by atoms with Gasteiger partial charge in [-0.1, -0.05) is 48.5 Å². The van der Waals surface area contributed by atoms with E-state index in [1.165, 1.54) is 0 Å². The molecule has 1 aliphatic rings.